The fraction of sp³-hybridized carbons (Fsp3) is 0.294. The van der Waals surface area contributed by atoms with E-state index in [1.165, 1.54) is 12.1 Å². The summed E-state index contributed by atoms with van der Waals surface area (Å²) in [6.07, 6.45) is 5.32. The Bertz CT molecular complexity index is 637. The molecule has 0 N–H and O–H groups in total. The van der Waals surface area contributed by atoms with Crippen LogP contribution in [0.4, 0.5) is 4.39 Å². The van der Waals surface area contributed by atoms with E-state index in [0.29, 0.717) is 30.4 Å². The average molecular weight is 382 g/mol. The molecule has 6 heteroatoms. The summed E-state index contributed by atoms with van der Waals surface area (Å²) in [4.78, 5) is 25.0. The van der Waals surface area contributed by atoms with Crippen LogP contribution < -0.4 is 0 Å². The molecule has 1 aromatic carbocycles. The summed E-state index contributed by atoms with van der Waals surface area (Å²) in [6, 6.07) is 4.55. The van der Waals surface area contributed by atoms with Crippen molar-refractivity contribution >= 4 is 33.9 Å². The highest BCUT2D eigenvalue weighted by atomic mass is 79.9. The summed E-state index contributed by atoms with van der Waals surface area (Å²) in [5, 5.41) is 0. The van der Waals surface area contributed by atoms with Crippen molar-refractivity contribution in [3.05, 3.63) is 52.8 Å². The van der Waals surface area contributed by atoms with Crippen LogP contribution >= 0.6 is 15.9 Å². The fourth-order valence-electron chi connectivity index (χ4n) is 2.30. The number of benzene rings is 1. The third kappa shape index (κ3) is 5.03. The number of carbonyl (C=O) groups excluding carboxylic acids is 2. The van der Waals surface area contributed by atoms with E-state index < -0.39 is 5.97 Å². The van der Waals surface area contributed by atoms with Gasteiger partial charge in [-0.1, -0.05) is 12.6 Å². The van der Waals surface area contributed by atoms with Crippen LogP contribution in [0.2, 0.25) is 0 Å². The minimum absolute atomic E-state index is 0.112. The second-order valence-corrected chi connectivity index (χ2v) is 6.03. The third-order valence-electron chi connectivity index (χ3n) is 3.57. The number of piperidine rings is 1. The zero-order valence-electron chi connectivity index (χ0n) is 12.5. The molecule has 0 aromatic heterocycles. The van der Waals surface area contributed by atoms with Gasteiger partial charge in [-0.15, -0.1) is 0 Å². The third-order valence-corrected chi connectivity index (χ3v) is 4.17. The van der Waals surface area contributed by atoms with Crippen LogP contribution in [0.5, 0.6) is 0 Å². The highest BCUT2D eigenvalue weighted by Crippen LogP contribution is 2.18. The molecule has 0 spiro atoms. The number of carbonyl (C=O) groups is 2. The number of likely N-dealkylation sites (tertiary alicyclic amines) is 1. The van der Waals surface area contributed by atoms with Crippen molar-refractivity contribution in [2.45, 2.75) is 18.9 Å². The lowest BCUT2D eigenvalue weighted by Gasteiger charge is -2.30. The summed E-state index contributed by atoms with van der Waals surface area (Å²) in [7, 11) is 0. The molecule has 2 rings (SSSR count). The Balaban J connectivity index is 1.87. The first kappa shape index (κ1) is 17.4. The van der Waals surface area contributed by atoms with Gasteiger partial charge in [0.1, 0.15) is 11.9 Å². The summed E-state index contributed by atoms with van der Waals surface area (Å²) in [5.41, 5.74) is 0.737. The lowest BCUT2D eigenvalue weighted by atomic mass is 10.1. The van der Waals surface area contributed by atoms with Gasteiger partial charge in [-0.3, -0.25) is 4.79 Å². The molecule has 1 aliphatic heterocycles. The van der Waals surface area contributed by atoms with E-state index in [-0.39, 0.29) is 17.8 Å². The Hall–Kier alpha value is -1.95. The maximum Gasteiger partial charge on any atom is 0.330 e. The van der Waals surface area contributed by atoms with E-state index in [9.17, 15) is 14.0 Å². The van der Waals surface area contributed by atoms with Gasteiger partial charge >= 0.3 is 5.97 Å². The number of hydrogen-bond acceptors (Lipinski definition) is 3. The van der Waals surface area contributed by atoms with Gasteiger partial charge in [0.05, 0.1) is 4.47 Å². The van der Waals surface area contributed by atoms with Gasteiger partial charge in [-0.2, -0.15) is 0 Å². The Morgan fingerprint density at radius 1 is 1.35 bits per heavy atom. The van der Waals surface area contributed by atoms with Crippen molar-refractivity contribution < 1.29 is 18.7 Å². The molecule has 4 nitrogen and oxygen atoms in total. The lowest BCUT2D eigenvalue weighted by Crippen LogP contribution is -2.40. The second kappa shape index (κ2) is 8.06. The Morgan fingerprint density at radius 3 is 2.65 bits per heavy atom. The van der Waals surface area contributed by atoms with Crippen molar-refractivity contribution in [3.8, 4) is 0 Å². The SMILES string of the molecule is C=CC(=O)OC1CCN(C(=O)/C=C/c2ccc(F)c(Br)c2)CC1. The quantitative estimate of drug-likeness (QED) is 0.593. The smallest absolute Gasteiger partial charge is 0.330 e. The number of amides is 1. The molecule has 1 amide bonds. The molecule has 1 aromatic rings. The van der Waals surface area contributed by atoms with E-state index >= 15 is 0 Å². The first-order valence-electron chi connectivity index (χ1n) is 7.24. The zero-order chi connectivity index (χ0) is 16.8. The summed E-state index contributed by atoms with van der Waals surface area (Å²) in [6.45, 7) is 4.43. The van der Waals surface area contributed by atoms with Crippen LogP contribution in [-0.4, -0.2) is 36.0 Å². The van der Waals surface area contributed by atoms with Crippen molar-refractivity contribution in [3.63, 3.8) is 0 Å². The number of esters is 1. The first-order chi connectivity index (χ1) is 11.0. The molecular formula is C17H17BrFNO3. The Labute approximate surface area is 142 Å². The Morgan fingerprint density at radius 2 is 2.04 bits per heavy atom. The number of ether oxygens (including phenoxy) is 1. The molecule has 1 fully saturated rings. The number of halogens is 2. The summed E-state index contributed by atoms with van der Waals surface area (Å²) < 4.78 is 18.7. The van der Waals surface area contributed by atoms with Crippen molar-refractivity contribution in [2.24, 2.45) is 0 Å². The largest absolute Gasteiger partial charge is 0.459 e. The predicted molar refractivity (Wildman–Crippen MR) is 89.0 cm³/mol. The molecule has 0 radical (unpaired) electrons. The normalized spacial score (nSPS) is 15.7. The van der Waals surface area contributed by atoms with Gasteiger partial charge in [0.15, 0.2) is 0 Å². The van der Waals surface area contributed by atoms with Gasteiger partial charge in [-0.25, -0.2) is 9.18 Å². The predicted octanol–water partition coefficient (Wildman–Crippen LogP) is 3.32. The molecule has 1 saturated heterocycles. The number of rotatable bonds is 4. The van der Waals surface area contributed by atoms with Crippen LogP contribution in [0.3, 0.4) is 0 Å². The number of hydrogen-bond donors (Lipinski definition) is 0. The van der Waals surface area contributed by atoms with E-state index in [1.807, 2.05) is 0 Å². The highest BCUT2D eigenvalue weighted by molar-refractivity contribution is 9.10. The van der Waals surface area contributed by atoms with E-state index in [0.717, 1.165) is 11.6 Å². The maximum absolute atomic E-state index is 13.2. The van der Waals surface area contributed by atoms with Crippen molar-refractivity contribution in [1.82, 2.24) is 4.90 Å². The molecular weight excluding hydrogens is 365 g/mol. The van der Waals surface area contributed by atoms with Crippen LogP contribution in [0.25, 0.3) is 6.08 Å². The maximum atomic E-state index is 13.2. The van der Waals surface area contributed by atoms with E-state index in [1.54, 1.807) is 23.1 Å². The Kier molecular flexibility index (Phi) is 6.10. The van der Waals surface area contributed by atoms with Gasteiger partial charge in [0.2, 0.25) is 5.91 Å². The van der Waals surface area contributed by atoms with Crippen LogP contribution in [-0.2, 0) is 14.3 Å². The molecule has 0 saturated carbocycles. The minimum atomic E-state index is -0.434. The standard InChI is InChI=1S/C17H17BrFNO3/c1-2-17(22)23-13-7-9-20(10-8-13)16(21)6-4-12-3-5-15(19)14(18)11-12/h2-6,11,13H,1,7-10H2/b6-4+. The highest BCUT2D eigenvalue weighted by Gasteiger charge is 2.23. The molecule has 0 bridgehead atoms. The molecule has 122 valence electrons. The zero-order valence-corrected chi connectivity index (χ0v) is 14.1. The van der Waals surface area contributed by atoms with Crippen LogP contribution in [0, 0.1) is 5.82 Å². The van der Waals surface area contributed by atoms with E-state index in [2.05, 4.69) is 22.5 Å². The molecule has 0 aliphatic carbocycles. The van der Waals surface area contributed by atoms with Gasteiger partial charge in [0.25, 0.3) is 0 Å². The van der Waals surface area contributed by atoms with Crippen LogP contribution in [0.15, 0.2) is 41.4 Å². The second-order valence-electron chi connectivity index (χ2n) is 5.17. The van der Waals surface area contributed by atoms with Gasteiger partial charge in [-0.05, 0) is 39.7 Å². The van der Waals surface area contributed by atoms with E-state index in [4.69, 9.17) is 4.74 Å². The summed E-state index contributed by atoms with van der Waals surface area (Å²) in [5.74, 6) is -0.889. The molecule has 0 atom stereocenters. The average Bonchev–Trinajstić information content (AvgIpc) is 2.56. The van der Waals surface area contributed by atoms with Gasteiger partial charge in [0, 0.05) is 38.1 Å². The van der Waals surface area contributed by atoms with Crippen LogP contribution in [0.1, 0.15) is 18.4 Å². The first-order valence-corrected chi connectivity index (χ1v) is 8.04. The van der Waals surface area contributed by atoms with Gasteiger partial charge < -0.3 is 9.64 Å². The minimum Gasteiger partial charge on any atom is -0.459 e. The molecule has 1 aliphatic rings. The number of nitrogens with zero attached hydrogens (tertiary/aromatic N) is 1. The molecule has 23 heavy (non-hydrogen) atoms. The molecule has 0 unspecified atom stereocenters. The van der Waals surface area contributed by atoms with Crippen molar-refractivity contribution in [1.29, 1.82) is 0 Å². The fourth-order valence-corrected chi connectivity index (χ4v) is 2.69. The molecule has 1 heterocycles. The van der Waals surface area contributed by atoms with Crippen molar-refractivity contribution in [2.75, 3.05) is 13.1 Å². The monoisotopic (exact) mass is 381 g/mol. The summed E-state index contributed by atoms with van der Waals surface area (Å²) >= 11 is 3.11. The lowest BCUT2D eigenvalue weighted by molar-refractivity contribution is -0.145. The topological polar surface area (TPSA) is 46.6 Å².